The molecule has 1 aliphatic carbocycles. The minimum Gasteiger partial charge on any atom is -0.393 e. The highest BCUT2D eigenvalue weighted by atomic mass is 19.1. The molecule has 0 unspecified atom stereocenters. The van der Waals surface area contributed by atoms with Gasteiger partial charge in [-0.15, -0.1) is 5.10 Å². The lowest BCUT2D eigenvalue weighted by atomic mass is 9.93. The average molecular weight is 355 g/mol. The lowest BCUT2D eigenvalue weighted by Gasteiger charge is -2.26. The Balaban J connectivity index is 1.56. The van der Waals surface area contributed by atoms with Crippen molar-refractivity contribution >= 4 is 23.1 Å². The number of hydrogen-bond donors (Lipinski definition) is 3. The van der Waals surface area contributed by atoms with E-state index < -0.39 is 0 Å². The van der Waals surface area contributed by atoms with Gasteiger partial charge in [0.25, 0.3) is 0 Å². The topological polar surface area (TPSA) is 74.5 Å². The van der Waals surface area contributed by atoms with E-state index in [2.05, 4.69) is 20.7 Å². The molecule has 0 radical (unpaired) electrons. The van der Waals surface area contributed by atoms with E-state index in [1.165, 1.54) is 6.07 Å². The number of hydrogen-bond acceptors (Lipinski definition) is 5. The predicted octanol–water partition coefficient (Wildman–Crippen LogP) is 3.64. The van der Waals surface area contributed by atoms with Crippen molar-refractivity contribution in [2.24, 2.45) is 0 Å². The number of aliphatic hydroxyl groups is 1. The quantitative estimate of drug-likeness (QED) is 0.666. The van der Waals surface area contributed by atoms with Crippen molar-refractivity contribution in [2.45, 2.75) is 44.8 Å². The average Bonchev–Trinajstić information content (AvgIpc) is 3.04. The van der Waals surface area contributed by atoms with E-state index in [1.807, 2.05) is 18.2 Å². The van der Waals surface area contributed by atoms with E-state index >= 15 is 0 Å². The van der Waals surface area contributed by atoms with Crippen molar-refractivity contribution in [3.8, 4) is 0 Å². The van der Waals surface area contributed by atoms with Crippen LogP contribution in [0.25, 0.3) is 5.65 Å². The number of benzene rings is 1. The van der Waals surface area contributed by atoms with Gasteiger partial charge in [-0.3, -0.25) is 0 Å². The fourth-order valence-electron chi connectivity index (χ4n) is 3.35. The van der Waals surface area contributed by atoms with Crippen LogP contribution in [0.15, 0.2) is 36.4 Å². The minimum atomic E-state index is -0.234. The van der Waals surface area contributed by atoms with Crippen molar-refractivity contribution in [3.05, 3.63) is 47.8 Å². The second-order valence-electron chi connectivity index (χ2n) is 6.86. The number of aryl methyl sites for hydroxylation is 1. The van der Waals surface area contributed by atoms with Gasteiger partial charge in [-0.2, -0.15) is 9.50 Å². The standard InChI is InChI=1S/C19H22FN5O/c1-12-11-14(7-10-16(12)20)22-19-23-18-4-2-3-17(25(18)24-19)21-13-5-8-15(26)9-6-13/h2-4,7,10-11,13,15,21,26H,5-6,8-9H2,1H3,(H,22,24)/t13-,15+. The number of halogens is 1. The van der Waals surface area contributed by atoms with Gasteiger partial charge >= 0.3 is 0 Å². The zero-order valence-electron chi connectivity index (χ0n) is 14.6. The SMILES string of the molecule is Cc1cc(Nc2nc3cccc(N[C@H]4CC[C@@H](O)CC4)n3n2)ccc1F. The fourth-order valence-corrected chi connectivity index (χ4v) is 3.35. The third-order valence-electron chi connectivity index (χ3n) is 4.82. The molecule has 1 fully saturated rings. The van der Waals surface area contributed by atoms with E-state index in [-0.39, 0.29) is 11.9 Å². The number of nitrogens with one attached hydrogen (secondary N) is 2. The van der Waals surface area contributed by atoms with Crippen molar-refractivity contribution < 1.29 is 9.50 Å². The summed E-state index contributed by atoms with van der Waals surface area (Å²) in [7, 11) is 0. The van der Waals surface area contributed by atoms with Crippen molar-refractivity contribution in [3.63, 3.8) is 0 Å². The number of aromatic nitrogens is 3. The molecule has 1 saturated carbocycles. The van der Waals surface area contributed by atoms with Crippen molar-refractivity contribution in [1.29, 1.82) is 0 Å². The molecule has 0 bridgehead atoms. The van der Waals surface area contributed by atoms with E-state index in [0.29, 0.717) is 17.6 Å². The van der Waals surface area contributed by atoms with E-state index in [1.54, 1.807) is 23.6 Å². The molecule has 0 amide bonds. The Labute approximate surface area is 151 Å². The molecule has 0 saturated heterocycles. The largest absolute Gasteiger partial charge is 0.393 e. The summed E-state index contributed by atoms with van der Waals surface area (Å²) in [6.45, 7) is 1.72. The normalized spacial score (nSPS) is 20.3. The van der Waals surface area contributed by atoms with Crippen LogP contribution in [-0.2, 0) is 0 Å². The van der Waals surface area contributed by atoms with Gasteiger partial charge in [0.2, 0.25) is 5.95 Å². The Kier molecular flexibility index (Phi) is 4.46. The Bertz CT molecular complexity index is 917. The molecule has 3 N–H and O–H groups in total. The molecule has 2 aromatic heterocycles. The number of pyridine rings is 1. The molecule has 4 rings (SSSR count). The fraction of sp³-hybridized carbons (Fsp3) is 0.368. The zero-order valence-corrected chi connectivity index (χ0v) is 14.6. The Morgan fingerprint density at radius 3 is 2.73 bits per heavy atom. The smallest absolute Gasteiger partial charge is 0.247 e. The molecule has 136 valence electrons. The molecule has 7 heteroatoms. The van der Waals surface area contributed by atoms with Crippen LogP contribution < -0.4 is 10.6 Å². The molecular formula is C19H22FN5O. The minimum absolute atomic E-state index is 0.176. The molecule has 26 heavy (non-hydrogen) atoms. The first-order chi connectivity index (χ1) is 12.6. The molecular weight excluding hydrogens is 333 g/mol. The lowest BCUT2D eigenvalue weighted by molar-refractivity contribution is 0.126. The van der Waals surface area contributed by atoms with Gasteiger partial charge in [-0.25, -0.2) is 4.39 Å². The van der Waals surface area contributed by atoms with Gasteiger partial charge in [0.1, 0.15) is 11.6 Å². The molecule has 1 aromatic carbocycles. The number of nitrogens with zero attached hydrogens (tertiary/aromatic N) is 3. The van der Waals surface area contributed by atoms with Gasteiger partial charge in [0, 0.05) is 11.7 Å². The highest BCUT2D eigenvalue weighted by molar-refractivity contribution is 5.58. The molecule has 2 heterocycles. The van der Waals surface area contributed by atoms with Crippen molar-refractivity contribution in [2.75, 3.05) is 10.6 Å². The summed E-state index contributed by atoms with van der Waals surface area (Å²) in [6, 6.07) is 11.0. The van der Waals surface area contributed by atoms with Gasteiger partial charge < -0.3 is 15.7 Å². The Morgan fingerprint density at radius 1 is 1.15 bits per heavy atom. The van der Waals surface area contributed by atoms with Crippen LogP contribution in [0.4, 0.5) is 21.8 Å². The van der Waals surface area contributed by atoms with Crippen LogP contribution in [0.3, 0.4) is 0 Å². The van der Waals surface area contributed by atoms with Crippen molar-refractivity contribution in [1.82, 2.24) is 14.6 Å². The van der Waals surface area contributed by atoms with Crippen LogP contribution in [-0.4, -0.2) is 31.9 Å². The number of fused-ring (bicyclic) bond motifs is 1. The highest BCUT2D eigenvalue weighted by Crippen LogP contribution is 2.23. The first kappa shape index (κ1) is 16.8. The molecule has 0 spiro atoms. The van der Waals surface area contributed by atoms with Gasteiger partial charge in [-0.1, -0.05) is 6.07 Å². The molecule has 0 atom stereocenters. The highest BCUT2D eigenvalue weighted by Gasteiger charge is 2.20. The van der Waals surface area contributed by atoms with Crippen LogP contribution >= 0.6 is 0 Å². The summed E-state index contributed by atoms with van der Waals surface area (Å²) < 4.78 is 15.2. The Morgan fingerprint density at radius 2 is 1.96 bits per heavy atom. The monoisotopic (exact) mass is 355 g/mol. The van der Waals surface area contributed by atoms with Crippen LogP contribution in [0, 0.1) is 12.7 Å². The maximum absolute atomic E-state index is 13.4. The summed E-state index contributed by atoms with van der Waals surface area (Å²) in [5, 5.41) is 20.8. The first-order valence-electron chi connectivity index (χ1n) is 8.92. The van der Waals surface area contributed by atoms with Crippen LogP contribution in [0.1, 0.15) is 31.2 Å². The maximum Gasteiger partial charge on any atom is 0.247 e. The van der Waals surface area contributed by atoms with Crippen LogP contribution in [0.5, 0.6) is 0 Å². The summed E-state index contributed by atoms with van der Waals surface area (Å²) in [5.41, 5.74) is 2.04. The maximum atomic E-state index is 13.4. The van der Waals surface area contributed by atoms with Gasteiger partial charge in [-0.05, 0) is 68.5 Å². The van der Waals surface area contributed by atoms with E-state index in [0.717, 1.165) is 42.8 Å². The number of rotatable bonds is 4. The molecule has 1 aliphatic rings. The number of aliphatic hydroxyl groups excluding tert-OH is 1. The summed E-state index contributed by atoms with van der Waals surface area (Å²) in [4.78, 5) is 4.49. The van der Waals surface area contributed by atoms with E-state index in [4.69, 9.17) is 0 Å². The zero-order chi connectivity index (χ0) is 18.1. The van der Waals surface area contributed by atoms with Gasteiger partial charge in [0.15, 0.2) is 5.65 Å². The summed E-state index contributed by atoms with van der Waals surface area (Å²) in [6.07, 6.45) is 3.34. The number of anilines is 3. The van der Waals surface area contributed by atoms with E-state index in [9.17, 15) is 9.50 Å². The van der Waals surface area contributed by atoms with Gasteiger partial charge in [0.05, 0.1) is 6.10 Å². The first-order valence-corrected chi connectivity index (χ1v) is 8.92. The van der Waals surface area contributed by atoms with Crippen LogP contribution in [0.2, 0.25) is 0 Å². The second-order valence-corrected chi connectivity index (χ2v) is 6.86. The summed E-state index contributed by atoms with van der Waals surface area (Å²) in [5.74, 6) is 1.10. The molecule has 6 nitrogen and oxygen atoms in total. The lowest BCUT2D eigenvalue weighted by Crippen LogP contribution is -2.29. The third kappa shape index (κ3) is 3.48. The second kappa shape index (κ2) is 6.92. The summed E-state index contributed by atoms with van der Waals surface area (Å²) >= 11 is 0. The third-order valence-corrected chi connectivity index (χ3v) is 4.82. The Hall–Kier alpha value is -2.67. The predicted molar refractivity (Wildman–Crippen MR) is 99.3 cm³/mol. The molecule has 0 aliphatic heterocycles. The molecule has 3 aromatic rings.